The summed E-state index contributed by atoms with van der Waals surface area (Å²) in [5, 5.41) is 12.9. The molecule has 10 heteroatoms. The van der Waals surface area contributed by atoms with Gasteiger partial charge in [-0.3, -0.25) is 0 Å². The van der Waals surface area contributed by atoms with E-state index in [1.807, 2.05) is 20.8 Å². The second-order valence-corrected chi connectivity index (χ2v) is 9.24. The summed E-state index contributed by atoms with van der Waals surface area (Å²) in [5.41, 5.74) is 2.77. The number of anilines is 2. The molecule has 1 atom stereocenters. The molecule has 1 saturated heterocycles. The third-order valence-electron chi connectivity index (χ3n) is 5.70. The molecule has 0 bridgehead atoms. The van der Waals surface area contributed by atoms with Gasteiger partial charge in [0.1, 0.15) is 29.4 Å². The van der Waals surface area contributed by atoms with Crippen LogP contribution in [0, 0.1) is 11.3 Å². The molecule has 2 aromatic rings. The monoisotopic (exact) mass is 451 g/mol. The van der Waals surface area contributed by atoms with Gasteiger partial charge in [-0.1, -0.05) is 0 Å². The third kappa shape index (κ3) is 5.08. The minimum atomic E-state index is -0.514. The average Bonchev–Trinajstić information content (AvgIpc) is 3.26. The summed E-state index contributed by atoms with van der Waals surface area (Å²) in [5.74, 6) is 1.10. The van der Waals surface area contributed by atoms with E-state index in [0.717, 1.165) is 42.1 Å². The molecule has 10 nitrogen and oxygen atoms in total. The third-order valence-corrected chi connectivity index (χ3v) is 5.70. The Bertz CT molecular complexity index is 1080. The van der Waals surface area contributed by atoms with Crippen LogP contribution in [-0.4, -0.2) is 64.3 Å². The SMILES string of the molecule is COc1ncc(N2CCc3ncnc(NC4CCN(C(=O)OC(C)(C)C)C4)c3C2)cc1C#N. The number of nitriles is 1. The molecule has 2 aliphatic heterocycles. The van der Waals surface area contributed by atoms with Gasteiger partial charge in [0.15, 0.2) is 0 Å². The van der Waals surface area contributed by atoms with E-state index in [0.29, 0.717) is 31.1 Å². The fraction of sp³-hybridized carbons (Fsp3) is 0.522. The van der Waals surface area contributed by atoms with Gasteiger partial charge in [0.25, 0.3) is 0 Å². The Kier molecular flexibility index (Phi) is 6.22. The first kappa shape index (κ1) is 22.6. The van der Waals surface area contributed by atoms with E-state index in [9.17, 15) is 10.1 Å². The molecular formula is C23H29N7O3. The number of amides is 1. The molecule has 1 N–H and O–H groups in total. The molecule has 0 aromatic carbocycles. The smallest absolute Gasteiger partial charge is 0.410 e. The van der Waals surface area contributed by atoms with Crippen LogP contribution in [0.1, 0.15) is 44.0 Å². The number of rotatable bonds is 4. The fourth-order valence-electron chi connectivity index (χ4n) is 4.11. The lowest BCUT2D eigenvalue weighted by Crippen LogP contribution is -2.37. The maximum absolute atomic E-state index is 12.4. The Labute approximate surface area is 193 Å². The molecule has 1 amide bonds. The van der Waals surface area contributed by atoms with Crippen LogP contribution >= 0.6 is 0 Å². The Morgan fingerprint density at radius 3 is 2.82 bits per heavy atom. The molecule has 1 fully saturated rings. The molecule has 0 radical (unpaired) electrons. The van der Waals surface area contributed by atoms with Gasteiger partial charge in [0, 0.05) is 44.2 Å². The largest absolute Gasteiger partial charge is 0.480 e. The molecule has 1 unspecified atom stereocenters. The molecule has 33 heavy (non-hydrogen) atoms. The van der Waals surface area contributed by atoms with Gasteiger partial charge < -0.3 is 24.6 Å². The fourth-order valence-corrected chi connectivity index (χ4v) is 4.11. The quantitative estimate of drug-likeness (QED) is 0.749. The number of hydrogen-bond acceptors (Lipinski definition) is 9. The standard InChI is InChI=1S/C23H29N7O3/c1-23(2,3)33-22(31)30-7-5-16(12-30)28-20-18-13-29(8-6-19(18)26-14-27-20)17-9-15(10-24)21(32-4)25-11-17/h9,11,14,16H,5-8,12-13H2,1-4H3,(H,26,27,28). The maximum Gasteiger partial charge on any atom is 0.410 e. The molecule has 2 aliphatic rings. The van der Waals surface area contributed by atoms with E-state index >= 15 is 0 Å². The maximum atomic E-state index is 12.4. The summed E-state index contributed by atoms with van der Waals surface area (Å²) in [7, 11) is 1.50. The molecule has 0 aliphatic carbocycles. The molecule has 2 aromatic heterocycles. The van der Waals surface area contributed by atoms with Crippen molar-refractivity contribution in [3.8, 4) is 11.9 Å². The van der Waals surface area contributed by atoms with Crippen molar-refractivity contribution >= 4 is 17.6 Å². The molecule has 174 valence electrons. The van der Waals surface area contributed by atoms with Crippen molar-refractivity contribution in [2.24, 2.45) is 0 Å². The van der Waals surface area contributed by atoms with Crippen molar-refractivity contribution in [3.63, 3.8) is 0 Å². The normalized spacial score (nSPS) is 17.8. The van der Waals surface area contributed by atoms with Gasteiger partial charge in [0.05, 0.1) is 24.7 Å². The Hall–Kier alpha value is -3.61. The number of nitrogens with zero attached hydrogens (tertiary/aromatic N) is 6. The summed E-state index contributed by atoms with van der Waals surface area (Å²) >= 11 is 0. The topological polar surface area (TPSA) is 116 Å². The van der Waals surface area contributed by atoms with Crippen LogP contribution in [0.5, 0.6) is 5.88 Å². The summed E-state index contributed by atoms with van der Waals surface area (Å²) in [4.78, 5) is 29.5. The van der Waals surface area contributed by atoms with Crippen LogP contribution in [0.3, 0.4) is 0 Å². The van der Waals surface area contributed by atoms with Crippen molar-refractivity contribution in [1.82, 2.24) is 19.9 Å². The number of methoxy groups -OCH3 is 1. The Morgan fingerprint density at radius 1 is 1.27 bits per heavy atom. The molecule has 4 rings (SSSR count). The predicted octanol–water partition coefficient (Wildman–Crippen LogP) is 2.74. The number of carbonyl (C=O) groups excluding carboxylic acids is 1. The first-order chi connectivity index (χ1) is 15.8. The zero-order valence-corrected chi connectivity index (χ0v) is 19.5. The zero-order chi connectivity index (χ0) is 23.6. The number of pyridine rings is 1. The van der Waals surface area contributed by atoms with Crippen molar-refractivity contribution in [2.45, 2.75) is 51.8 Å². The lowest BCUT2D eigenvalue weighted by Gasteiger charge is -2.31. The summed E-state index contributed by atoms with van der Waals surface area (Å²) < 4.78 is 10.7. The van der Waals surface area contributed by atoms with E-state index in [1.165, 1.54) is 7.11 Å². The number of aromatic nitrogens is 3. The molecule has 0 spiro atoms. The lowest BCUT2D eigenvalue weighted by atomic mass is 10.0. The molecular weight excluding hydrogens is 422 g/mol. The van der Waals surface area contributed by atoms with Gasteiger partial charge in [-0.25, -0.2) is 19.7 Å². The van der Waals surface area contributed by atoms with Crippen molar-refractivity contribution < 1.29 is 14.3 Å². The minimum Gasteiger partial charge on any atom is -0.480 e. The number of ether oxygens (including phenoxy) is 2. The number of hydrogen-bond donors (Lipinski definition) is 1. The van der Waals surface area contributed by atoms with E-state index in [2.05, 4.69) is 31.2 Å². The highest BCUT2D eigenvalue weighted by molar-refractivity contribution is 5.68. The van der Waals surface area contributed by atoms with Crippen molar-refractivity contribution in [1.29, 1.82) is 5.26 Å². The van der Waals surface area contributed by atoms with Gasteiger partial charge >= 0.3 is 6.09 Å². The highest BCUT2D eigenvalue weighted by Gasteiger charge is 2.31. The van der Waals surface area contributed by atoms with E-state index < -0.39 is 5.60 Å². The molecule has 0 saturated carbocycles. The van der Waals surface area contributed by atoms with Gasteiger partial charge in [-0.15, -0.1) is 0 Å². The first-order valence-corrected chi connectivity index (χ1v) is 11.0. The van der Waals surface area contributed by atoms with Gasteiger partial charge in [-0.05, 0) is 33.3 Å². The highest BCUT2D eigenvalue weighted by atomic mass is 16.6. The summed E-state index contributed by atoms with van der Waals surface area (Å²) in [6, 6.07) is 4.02. The average molecular weight is 452 g/mol. The van der Waals surface area contributed by atoms with Crippen LogP contribution in [0.25, 0.3) is 0 Å². The second kappa shape index (κ2) is 9.10. The second-order valence-electron chi connectivity index (χ2n) is 9.24. The Morgan fingerprint density at radius 2 is 2.09 bits per heavy atom. The van der Waals surface area contributed by atoms with Crippen LogP contribution < -0.4 is 15.0 Å². The van der Waals surface area contributed by atoms with E-state index in [-0.39, 0.29) is 12.1 Å². The zero-order valence-electron chi connectivity index (χ0n) is 19.5. The van der Waals surface area contributed by atoms with Gasteiger partial charge in [0.2, 0.25) is 5.88 Å². The Balaban J connectivity index is 1.47. The van der Waals surface area contributed by atoms with Gasteiger partial charge in [-0.2, -0.15) is 5.26 Å². The predicted molar refractivity (Wildman–Crippen MR) is 122 cm³/mol. The summed E-state index contributed by atoms with van der Waals surface area (Å²) in [6.07, 6.45) is 4.59. The summed E-state index contributed by atoms with van der Waals surface area (Å²) in [6.45, 7) is 8.17. The number of nitrogens with one attached hydrogen (secondary N) is 1. The highest BCUT2D eigenvalue weighted by Crippen LogP contribution is 2.30. The van der Waals surface area contributed by atoms with Crippen LogP contribution in [0.2, 0.25) is 0 Å². The van der Waals surface area contributed by atoms with E-state index in [1.54, 1.807) is 23.5 Å². The molecule has 4 heterocycles. The lowest BCUT2D eigenvalue weighted by molar-refractivity contribution is 0.0293. The number of fused-ring (bicyclic) bond motifs is 1. The minimum absolute atomic E-state index is 0.0831. The first-order valence-electron chi connectivity index (χ1n) is 11.0. The number of carbonyl (C=O) groups is 1. The van der Waals surface area contributed by atoms with Crippen LogP contribution in [-0.2, 0) is 17.7 Å². The van der Waals surface area contributed by atoms with Crippen molar-refractivity contribution in [3.05, 3.63) is 35.4 Å². The van der Waals surface area contributed by atoms with Crippen LogP contribution in [0.4, 0.5) is 16.3 Å². The van der Waals surface area contributed by atoms with Crippen molar-refractivity contribution in [2.75, 3.05) is 37.0 Å². The van der Waals surface area contributed by atoms with E-state index in [4.69, 9.17) is 9.47 Å². The van der Waals surface area contributed by atoms with Crippen LogP contribution in [0.15, 0.2) is 18.6 Å². The number of likely N-dealkylation sites (tertiary alicyclic amines) is 1.